The minimum Gasteiger partial charge on any atom is -0.480 e. The molecule has 0 heterocycles. The quantitative estimate of drug-likeness (QED) is 0.474. The summed E-state index contributed by atoms with van der Waals surface area (Å²) in [7, 11) is 0. The average Bonchev–Trinajstić information content (AvgIpc) is 2.11. The van der Waals surface area contributed by atoms with Crippen LogP contribution >= 0.6 is 0 Å². The van der Waals surface area contributed by atoms with Gasteiger partial charge >= 0.3 is 12.0 Å². The number of rotatable bonds is 5. The smallest absolute Gasteiger partial charge is 0.328 e. The van der Waals surface area contributed by atoms with Gasteiger partial charge in [0.2, 0.25) is 0 Å². The molecule has 0 atom stereocenters. The highest BCUT2D eigenvalue weighted by molar-refractivity contribution is 5.85. The molecule has 0 aromatic rings. The molecule has 0 bridgehead atoms. The predicted octanol–water partition coefficient (Wildman–Crippen LogP) is 1.11. The zero-order valence-electron chi connectivity index (χ0n) is 9.33. The number of carboxylic acids is 1. The number of hydrogen-bond acceptors (Lipinski definition) is 2. The van der Waals surface area contributed by atoms with E-state index in [0.29, 0.717) is 6.54 Å². The predicted molar refractivity (Wildman–Crippen MR) is 57.7 cm³/mol. The van der Waals surface area contributed by atoms with Crippen LogP contribution in [0.4, 0.5) is 4.79 Å². The van der Waals surface area contributed by atoms with Crippen molar-refractivity contribution in [3.63, 3.8) is 0 Å². The fourth-order valence-electron chi connectivity index (χ4n) is 0.817. The standard InChI is InChI=1S/C10H18N2O3/c1-4-5-6-7-11-9(15)12-10(2,3)8(13)14/h4-5H,6-7H2,1-3H3,(H,13,14)(H2,11,12,15)/b5-4+. The van der Waals surface area contributed by atoms with Gasteiger partial charge in [0.15, 0.2) is 0 Å². The number of carbonyl (C=O) groups excluding carboxylic acids is 1. The van der Waals surface area contributed by atoms with Crippen molar-refractivity contribution < 1.29 is 14.7 Å². The second-order valence-electron chi connectivity index (χ2n) is 3.67. The first-order valence-corrected chi connectivity index (χ1v) is 4.80. The summed E-state index contributed by atoms with van der Waals surface area (Å²) >= 11 is 0. The van der Waals surface area contributed by atoms with E-state index in [4.69, 9.17) is 5.11 Å². The third kappa shape index (κ3) is 5.72. The number of hydrogen-bond donors (Lipinski definition) is 3. The lowest BCUT2D eigenvalue weighted by atomic mass is 10.1. The molecule has 0 aliphatic carbocycles. The summed E-state index contributed by atoms with van der Waals surface area (Å²) in [4.78, 5) is 21.9. The van der Waals surface area contributed by atoms with Gasteiger partial charge < -0.3 is 15.7 Å². The third-order valence-corrected chi connectivity index (χ3v) is 1.79. The van der Waals surface area contributed by atoms with Crippen LogP contribution in [-0.4, -0.2) is 29.2 Å². The molecule has 2 amide bonds. The van der Waals surface area contributed by atoms with Crippen molar-refractivity contribution in [3.8, 4) is 0 Å². The lowest BCUT2D eigenvalue weighted by Gasteiger charge is -2.20. The number of urea groups is 1. The van der Waals surface area contributed by atoms with Gasteiger partial charge in [0.25, 0.3) is 0 Å². The molecule has 0 unspecified atom stereocenters. The summed E-state index contributed by atoms with van der Waals surface area (Å²) in [6.45, 7) is 5.25. The molecule has 0 saturated carbocycles. The van der Waals surface area contributed by atoms with E-state index in [-0.39, 0.29) is 0 Å². The second-order valence-corrected chi connectivity index (χ2v) is 3.67. The summed E-state index contributed by atoms with van der Waals surface area (Å²) in [5, 5.41) is 13.7. The number of allylic oxidation sites excluding steroid dienone is 1. The largest absolute Gasteiger partial charge is 0.480 e. The maximum Gasteiger partial charge on any atom is 0.328 e. The molecule has 86 valence electrons. The Morgan fingerprint density at radius 3 is 2.47 bits per heavy atom. The third-order valence-electron chi connectivity index (χ3n) is 1.79. The Morgan fingerprint density at radius 1 is 1.40 bits per heavy atom. The summed E-state index contributed by atoms with van der Waals surface area (Å²) < 4.78 is 0. The van der Waals surface area contributed by atoms with Gasteiger partial charge in [0, 0.05) is 6.54 Å². The van der Waals surface area contributed by atoms with Crippen LogP contribution in [0.5, 0.6) is 0 Å². The maximum absolute atomic E-state index is 11.2. The van der Waals surface area contributed by atoms with Crippen LogP contribution in [0.25, 0.3) is 0 Å². The molecule has 0 fully saturated rings. The fourth-order valence-corrected chi connectivity index (χ4v) is 0.817. The average molecular weight is 214 g/mol. The van der Waals surface area contributed by atoms with Gasteiger partial charge in [-0.05, 0) is 27.2 Å². The number of amides is 2. The van der Waals surface area contributed by atoms with E-state index in [1.165, 1.54) is 13.8 Å². The molecule has 0 rings (SSSR count). The van der Waals surface area contributed by atoms with Crippen LogP contribution in [0.3, 0.4) is 0 Å². The molecule has 0 aliphatic heterocycles. The molecular weight excluding hydrogens is 196 g/mol. The van der Waals surface area contributed by atoms with Crippen LogP contribution in [0, 0.1) is 0 Å². The van der Waals surface area contributed by atoms with E-state index in [0.717, 1.165) is 6.42 Å². The molecular formula is C10H18N2O3. The zero-order chi connectivity index (χ0) is 11.9. The highest BCUT2D eigenvalue weighted by Gasteiger charge is 2.28. The van der Waals surface area contributed by atoms with E-state index < -0.39 is 17.5 Å². The Kier molecular flexibility index (Phi) is 5.44. The van der Waals surface area contributed by atoms with Crippen molar-refractivity contribution in [2.75, 3.05) is 6.54 Å². The van der Waals surface area contributed by atoms with Gasteiger partial charge in [0.05, 0.1) is 0 Å². The maximum atomic E-state index is 11.2. The van der Waals surface area contributed by atoms with E-state index in [1.807, 2.05) is 19.1 Å². The van der Waals surface area contributed by atoms with E-state index >= 15 is 0 Å². The molecule has 3 N–H and O–H groups in total. The molecule has 0 aromatic heterocycles. The highest BCUT2D eigenvalue weighted by Crippen LogP contribution is 2.00. The van der Waals surface area contributed by atoms with Crippen molar-refractivity contribution in [2.24, 2.45) is 0 Å². The Hall–Kier alpha value is -1.52. The van der Waals surface area contributed by atoms with E-state index in [2.05, 4.69) is 10.6 Å². The Labute approximate surface area is 89.6 Å². The van der Waals surface area contributed by atoms with Gasteiger partial charge in [-0.1, -0.05) is 12.2 Å². The van der Waals surface area contributed by atoms with Gasteiger partial charge in [-0.2, -0.15) is 0 Å². The lowest BCUT2D eigenvalue weighted by molar-refractivity contribution is -0.142. The zero-order valence-corrected chi connectivity index (χ0v) is 9.33. The fraction of sp³-hybridized carbons (Fsp3) is 0.600. The minimum absolute atomic E-state index is 0.466. The molecule has 5 nitrogen and oxygen atoms in total. The number of carboxylic acid groups (broad SMARTS) is 1. The molecule has 0 aromatic carbocycles. The summed E-state index contributed by atoms with van der Waals surface area (Å²) in [6.07, 6.45) is 4.54. The van der Waals surface area contributed by atoms with Crippen molar-refractivity contribution in [1.29, 1.82) is 0 Å². The SMILES string of the molecule is C/C=C/CCNC(=O)NC(C)(C)C(=O)O. The van der Waals surface area contributed by atoms with Crippen LogP contribution in [0.2, 0.25) is 0 Å². The molecule has 15 heavy (non-hydrogen) atoms. The Morgan fingerprint density at radius 2 is 2.00 bits per heavy atom. The molecule has 0 spiro atoms. The van der Waals surface area contributed by atoms with E-state index in [1.54, 1.807) is 0 Å². The molecule has 0 radical (unpaired) electrons. The van der Waals surface area contributed by atoms with Crippen LogP contribution in [-0.2, 0) is 4.79 Å². The van der Waals surface area contributed by atoms with Crippen molar-refractivity contribution in [3.05, 3.63) is 12.2 Å². The van der Waals surface area contributed by atoms with Crippen LogP contribution in [0.1, 0.15) is 27.2 Å². The van der Waals surface area contributed by atoms with Gasteiger partial charge in [-0.25, -0.2) is 9.59 Å². The van der Waals surface area contributed by atoms with Crippen molar-refractivity contribution >= 4 is 12.0 Å². The van der Waals surface area contributed by atoms with Gasteiger partial charge in [-0.3, -0.25) is 0 Å². The topological polar surface area (TPSA) is 78.4 Å². The monoisotopic (exact) mass is 214 g/mol. The molecule has 5 heteroatoms. The van der Waals surface area contributed by atoms with Crippen molar-refractivity contribution in [2.45, 2.75) is 32.7 Å². The number of carbonyl (C=O) groups is 2. The van der Waals surface area contributed by atoms with E-state index in [9.17, 15) is 9.59 Å². The second kappa shape index (κ2) is 6.06. The summed E-state index contributed by atoms with van der Waals surface area (Å²) in [5.41, 5.74) is -1.25. The van der Waals surface area contributed by atoms with Crippen LogP contribution in [0.15, 0.2) is 12.2 Å². The first-order valence-electron chi connectivity index (χ1n) is 4.80. The number of aliphatic carboxylic acids is 1. The lowest BCUT2D eigenvalue weighted by Crippen LogP contribution is -2.53. The first kappa shape index (κ1) is 13.5. The van der Waals surface area contributed by atoms with Gasteiger partial charge in [0.1, 0.15) is 5.54 Å². The minimum atomic E-state index is -1.25. The van der Waals surface area contributed by atoms with Crippen LogP contribution < -0.4 is 10.6 Å². The Bertz CT molecular complexity index is 259. The first-order chi connectivity index (χ1) is 6.90. The van der Waals surface area contributed by atoms with Crippen molar-refractivity contribution in [1.82, 2.24) is 10.6 Å². The molecule has 0 saturated heterocycles. The number of nitrogens with one attached hydrogen (secondary N) is 2. The summed E-state index contributed by atoms with van der Waals surface area (Å²) in [5.74, 6) is -1.06. The summed E-state index contributed by atoms with van der Waals surface area (Å²) in [6, 6.07) is -0.466. The molecule has 0 aliphatic rings. The van der Waals surface area contributed by atoms with Gasteiger partial charge in [-0.15, -0.1) is 0 Å². The highest BCUT2D eigenvalue weighted by atomic mass is 16.4. The normalized spacial score (nSPS) is 11.4. The Balaban J connectivity index is 3.88.